The van der Waals surface area contributed by atoms with Gasteiger partial charge in [-0.25, -0.2) is 4.79 Å². The van der Waals surface area contributed by atoms with E-state index in [0.717, 1.165) is 6.08 Å². The SMILES string of the molecule is C=CC(=O)OCCC=O. The molecule has 0 N–H and O–H groups in total. The van der Waals surface area contributed by atoms with Gasteiger partial charge in [0.2, 0.25) is 0 Å². The highest BCUT2D eigenvalue weighted by Crippen LogP contribution is 1.80. The Morgan fingerprint density at radius 1 is 1.67 bits per heavy atom. The van der Waals surface area contributed by atoms with Crippen LogP contribution in [0.25, 0.3) is 0 Å². The predicted octanol–water partition coefficient (Wildman–Crippen LogP) is 0.305. The normalized spacial score (nSPS) is 8.00. The van der Waals surface area contributed by atoms with E-state index in [9.17, 15) is 9.59 Å². The second kappa shape index (κ2) is 5.03. The topological polar surface area (TPSA) is 43.4 Å². The summed E-state index contributed by atoms with van der Waals surface area (Å²) in [6.07, 6.45) is 2.00. The van der Waals surface area contributed by atoms with Gasteiger partial charge in [-0.2, -0.15) is 0 Å². The highest BCUT2D eigenvalue weighted by molar-refractivity contribution is 5.81. The van der Waals surface area contributed by atoms with Gasteiger partial charge in [-0.3, -0.25) is 0 Å². The minimum Gasteiger partial charge on any atom is -0.462 e. The van der Waals surface area contributed by atoms with Crippen LogP contribution < -0.4 is 0 Å². The molecule has 3 heteroatoms. The summed E-state index contributed by atoms with van der Waals surface area (Å²) in [5.74, 6) is -0.489. The molecule has 0 spiro atoms. The number of carbonyl (C=O) groups is 2. The summed E-state index contributed by atoms with van der Waals surface area (Å²) in [5.41, 5.74) is 0. The summed E-state index contributed by atoms with van der Waals surface area (Å²) in [7, 11) is 0. The van der Waals surface area contributed by atoms with E-state index in [4.69, 9.17) is 0 Å². The van der Waals surface area contributed by atoms with Gasteiger partial charge in [0.05, 0.1) is 6.61 Å². The van der Waals surface area contributed by atoms with Crippen LogP contribution in [-0.2, 0) is 14.3 Å². The lowest BCUT2D eigenvalue weighted by atomic mass is 10.5. The van der Waals surface area contributed by atoms with Gasteiger partial charge in [0.25, 0.3) is 0 Å². The molecule has 0 bridgehead atoms. The van der Waals surface area contributed by atoms with E-state index in [1.807, 2.05) is 0 Å². The molecule has 0 aliphatic rings. The maximum Gasteiger partial charge on any atom is 0.330 e. The fraction of sp³-hybridized carbons (Fsp3) is 0.333. The Kier molecular flexibility index (Phi) is 4.40. The number of esters is 1. The van der Waals surface area contributed by atoms with E-state index in [0.29, 0.717) is 6.29 Å². The Hall–Kier alpha value is -1.12. The standard InChI is InChI=1S/C6H8O3/c1-2-6(8)9-5-3-4-7/h2,4H,1,3,5H2. The molecule has 0 aromatic heterocycles. The summed E-state index contributed by atoms with van der Waals surface area (Å²) in [5, 5.41) is 0. The fourth-order valence-electron chi connectivity index (χ4n) is 0.267. The van der Waals surface area contributed by atoms with Crippen molar-refractivity contribution < 1.29 is 14.3 Å². The molecule has 0 aliphatic carbocycles. The molecule has 0 amide bonds. The molecule has 0 radical (unpaired) electrons. The van der Waals surface area contributed by atoms with Crippen LogP contribution in [0.3, 0.4) is 0 Å². The van der Waals surface area contributed by atoms with E-state index < -0.39 is 5.97 Å². The summed E-state index contributed by atoms with van der Waals surface area (Å²) < 4.78 is 4.44. The highest BCUT2D eigenvalue weighted by atomic mass is 16.5. The Morgan fingerprint density at radius 3 is 2.78 bits per heavy atom. The molecule has 0 saturated heterocycles. The lowest BCUT2D eigenvalue weighted by Gasteiger charge is -1.94. The average molecular weight is 128 g/mol. The second-order valence-electron chi connectivity index (χ2n) is 1.33. The zero-order chi connectivity index (χ0) is 7.11. The van der Waals surface area contributed by atoms with E-state index in [2.05, 4.69) is 11.3 Å². The van der Waals surface area contributed by atoms with E-state index >= 15 is 0 Å². The first kappa shape index (κ1) is 7.88. The van der Waals surface area contributed by atoms with Gasteiger partial charge in [-0.1, -0.05) is 6.58 Å². The highest BCUT2D eigenvalue weighted by Gasteiger charge is 1.91. The first-order valence-electron chi connectivity index (χ1n) is 2.54. The number of hydrogen-bond donors (Lipinski definition) is 0. The molecule has 0 saturated carbocycles. The van der Waals surface area contributed by atoms with Crippen molar-refractivity contribution in [3.05, 3.63) is 12.7 Å². The molecule has 0 aromatic carbocycles. The Labute approximate surface area is 53.3 Å². The summed E-state index contributed by atoms with van der Waals surface area (Å²) in [6, 6.07) is 0. The van der Waals surface area contributed by atoms with Crippen LogP contribution in [0.15, 0.2) is 12.7 Å². The van der Waals surface area contributed by atoms with E-state index in [1.54, 1.807) is 0 Å². The summed E-state index contributed by atoms with van der Waals surface area (Å²) in [4.78, 5) is 19.9. The van der Waals surface area contributed by atoms with Crippen LogP contribution >= 0.6 is 0 Å². The van der Waals surface area contributed by atoms with Gasteiger partial charge in [-0.15, -0.1) is 0 Å². The van der Waals surface area contributed by atoms with Crippen molar-refractivity contribution >= 4 is 12.3 Å². The summed E-state index contributed by atoms with van der Waals surface area (Å²) in [6.45, 7) is 3.32. The number of rotatable bonds is 4. The third-order valence-corrected chi connectivity index (χ3v) is 0.647. The molecule has 9 heavy (non-hydrogen) atoms. The molecular weight excluding hydrogens is 120 g/mol. The zero-order valence-corrected chi connectivity index (χ0v) is 5.00. The molecule has 50 valence electrons. The Morgan fingerprint density at radius 2 is 2.33 bits per heavy atom. The van der Waals surface area contributed by atoms with Crippen LogP contribution in [0, 0.1) is 0 Å². The predicted molar refractivity (Wildman–Crippen MR) is 31.8 cm³/mol. The van der Waals surface area contributed by atoms with Crippen LogP contribution in [0.1, 0.15) is 6.42 Å². The third-order valence-electron chi connectivity index (χ3n) is 0.647. The van der Waals surface area contributed by atoms with Crippen molar-refractivity contribution in [2.75, 3.05) is 6.61 Å². The molecule has 0 aliphatic heterocycles. The maximum absolute atomic E-state index is 10.2. The van der Waals surface area contributed by atoms with Gasteiger partial charge in [-0.05, 0) is 0 Å². The molecule has 0 fully saturated rings. The number of aldehydes is 1. The molecule has 0 heterocycles. The lowest BCUT2D eigenvalue weighted by Crippen LogP contribution is -2.01. The van der Waals surface area contributed by atoms with Crippen molar-refractivity contribution in [2.45, 2.75) is 6.42 Å². The minimum absolute atomic E-state index is 0.147. The van der Waals surface area contributed by atoms with Gasteiger partial charge >= 0.3 is 5.97 Å². The number of carbonyl (C=O) groups excluding carboxylic acids is 2. The molecular formula is C6H8O3. The summed E-state index contributed by atoms with van der Waals surface area (Å²) >= 11 is 0. The van der Waals surface area contributed by atoms with Gasteiger partial charge in [0.1, 0.15) is 6.29 Å². The van der Waals surface area contributed by atoms with E-state index in [1.165, 1.54) is 0 Å². The zero-order valence-electron chi connectivity index (χ0n) is 5.00. The monoisotopic (exact) mass is 128 g/mol. The van der Waals surface area contributed by atoms with Crippen LogP contribution in [0.5, 0.6) is 0 Å². The van der Waals surface area contributed by atoms with Gasteiger partial charge < -0.3 is 9.53 Å². The molecule has 3 nitrogen and oxygen atoms in total. The molecule has 0 atom stereocenters. The van der Waals surface area contributed by atoms with Crippen molar-refractivity contribution in [2.24, 2.45) is 0 Å². The first-order valence-corrected chi connectivity index (χ1v) is 2.54. The first-order chi connectivity index (χ1) is 4.31. The molecule has 0 rings (SSSR count). The molecule has 0 aromatic rings. The van der Waals surface area contributed by atoms with Crippen molar-refractivity contribution in [3.8, 4) is 0 Å². The second-order valence-corrected chi connectivity index (χ2v) is 1.33. The van der Waals surface area contributed by atoms with Crippen LogP contribution in [0.4, 0.5) is 0 Å². The Bertz CT molecular complexity index is 117. The largest absolute Gasteiger partial charge is 0.462 e. The van der Waals surface area contributed by atoms with Gasteiger partial charge in [0.15, 0.2) is 0 Å². The minimum atomic E-state index is -0.489. The smallest absolute Gasteiger partial charge is 0.330 e. The average Bonchev–Trinajstić information content (AvgIpc) is 1.89. The van der Waals surface area contributed by atoms with Crippen molar-refractivity contribution in [1.82, 2.24) is 0 Å². The van der Waals surface area contributed by atoms with Crippen LogP contribution in [0.2, 0.25) is 0 Å². The molecule has 0 unspecified atom stereocenters. The fourth-order valence-corrected chi connectivity index (χ4v) is 0.267. The van der Waals surface area contributed by atoms with Gasteiger partial charge in [0, 0.05) is 12.5 Å². The van der Waals surface area contributed by atoms with Crippen molar-refractivity contribution in [3.63, 3.8) is 0 Å². The maximum atomic E-state index is 10.2. The van der Waals surface area contributed by atoms with E-state index in [-0.39, 0.29) is 13.0 Å². The number of ether oxygens (including phenoxy) is 1. The van der Waals surface area contributed by atoms with Crippen LogP contribution in [-0.4, -0.2) is 18.9 Å². The third kappa shape index (κ3) is 4.74. The number of hydrogen-bond acceptors (Lipinski definition) is 3. The quantitative estimate of drug-likeness (QED) is 0.237. The van der Waals surface area contributed by atoms with Crippen molar-refractivity contribution in [1.29, 1.82) is 0 Å². The lowest BCUT2D eigenvalue weighted by molar-refractivity contribution is -0.138. The Balaban J connectivity index is 3.16.